The van der Waals surface area contributed by atoms with E-state index in [9.17, 15) is 0 Å². The first-order chi connectivity index (χ1) is 8.19. The molecule has 1 unspecified atom stereocenters. The summed E-state index contributed by atoms with van der Waals surface area (Å²) >= 11 is 0. The molecule has 5 nitrogen and oxygen atoms in total. The van der Waals surface area contributed by atoms with Gasteiger partial charge in [-0.2, -0.15) is 5.10 Å². The van der Waals surface area contributed by atoms with Gasteiger partial charge < -0.3 is 5.32 Å². The number of hydrogen-bond acceptors (Lipinski definition) is 4. The van der Waals surface area contributed by atoms with E-state index in [0.29, 0.717) is 6.04 Å². The van der Waals surface area contributed by atoms with Gasteiger partial charge in [0.15, 0.2) is 0 Å². The smallest absolute Gasteiger partial charge is 0.0643 e. The molecule has 2 N–H and O–H groups in total. The van der Waals surface area contributed by atoms with Crippen LogP contribution in [0.4, 0.5) is 0 Å². The van der Waals surface area contributed by atoms with Crippen LogP contribution in [-0.2, 0) is 13.1 Å². The Labute approximate surface area is 102 Å². The van der Waals surface area contributed by atoms with Gasteiger partial charge >= 0.3 is 0 Å². The Morgan fingerprint density at radius 3 is 3.00 bits per heavy atom. The molecule has 1 atom stereocenters. The second-order valence-corrected chi connectivity index (χ2v) is 5.54. The molecule has 1 spiro atoms. The first-order valence-electron chi connectivity index (χ1n) is 6.39. The van der Waals surface area contributed by atoms with Crippen LogP contribution < -0.4 is 10.6 Å². The largest absolute Gasteiger partial charge is 0.303 e. The van der Waals surface area contributed by atoms with E-state index < -0.39 is 0 Å². The number of hydrogen-bond donors (Lipinski definition) is 2. The van der Waals surface area contributed by atoms with Crippen LogP contribution in [0.25, 0.3) is 0 Å². The minimum absolute atomic E-state index is 0.140. The van der Waals surface area contributed by atoms with Crippen molar-refractivity contribution < 1.29 is 0 Å². The maximum absolute atomic E-state index is 4.45. The maximum atomic E-state index is 4.45. The van der Waals surface area contributed by atoms with E-state index in [0.717, 1.165) is 32.8 Å². The lowest BCUT2D eigenvalue weighted by atomic mass is 10.00. The van der Waals surface area contributed by atoms with Gasteiger partial charge in [-0.25, -0.2) is 0 Å². The fraction of sp³-hybridized carbons (Fsp3) is 0.750. The van der Waals surface area contributed by atoms with Crippen molar-refractivity contribution >= 4 is 0 Å². The maximum Gasteiger partial charge on any atom is 0.0643 e. The van der Waals surface area contributed by atoms with Crippen molar-refractivity contribution in [2.24, 2.45) is 0 Å². The zero-order valence-electron chi connectivity index (χ0n) is 10.6. The third kappa shape index (κ3) is 1.99. The number of nitrogens with one attached hydrogen (secondary N) is 2. The molecule has 5 heteroatoms. The van der Waals surface area contributed by atoms with Crippen molar-refractivity contribution in [1.29, 1.82) is 0 Å². The van der Waals surface area contributed by atoms with Crippen LogP contribution in [0.2, 0.25) is 0 Å². The van der Waals surface area contributed by atoms with E-state index in [2.05, 4.69) is 45.2 Å². The first-order valence-corrected chi connectivity index (χ1v) is 6.39. The summed E-state index contributed by atoms with van der Waals surface area (Å²) < 4.78 is 2.16. The Morgan fingerprint density at radius 2 is 2.29 bits per heavy atom. The standard InChI is InChI=1S/C12H21N5/c1-10(2)16-5-11-3-4-15-17(11)8-12(7-16)6-13-9-14-12/h3-4,10,13-14H,5-9H2,1-2H3. The van der Waals surface area contributed by atoms with Crippen LogP contribution in [-0.4, -0.2) is 46.0 Å². The van der Waals surface area contributed by atoms with Gasteiger partial charge in [0.2, 0.25) is 0 Å². The topological polar surface area (TPSA) is 45.1 Å². The highest BCUT2D eigenvalue weighted by molar-refractivity contribution is 5.08. The average molecular weight is 235 g/mol. The molecule has 0 radical (unpaired) electrons. The van der Waals surface area contributed by atoms with E-state index in [1.807, 2.05) is 6.20 Å². The molecule has 2 aliphatic heterocycles. The van der Waals surface area contributed by atoms with Gasteiger partial charge in [-0.3, -0.25) is 14.9 Å². The molecule has 0 amide bonds. The van der Waals surface area contributed by atoms with Crippen LogP contribution in [0.1, 0.15) is 19.5 Å². The Bertz CT molecular complexity index is 391. The summed E-state index contributed by atoms with van der Waals surface area (Å²) in [5.41, 5.74) is 1.46. The summed E-state index contributed by atoms with van der Waals surface area (Å²) in [7, 11) is 0. The molecule has 0 saturated carbocycles. The lowest BCUT2D eigenvalue weighted by Gasteiger charge is -2.34. The van der Waals surface area contributed by atoms with Crippen LogP contribution in [0.15, 0.2) is 12.3 Å². The van der Waals surface area contributed by atoms with Gasteiger partial charge in [0.25, 0.3) is 0 Å². The number of fused-ring (bicyclic) bond motifs is 1. The second kappa shape index (κ2) is 4.08. The highest BCUT2D eigenvalue weighted by Gasteiger charge is 2.39. The molecule has 17 heavy (non-hydrogen) atoms. The second-order valence-electron chi connectivity index (χ2n) is 5.54. The molecule has 1 saturated heterocycles. The Kier molecular flexibility index (Phi) is 2.69. The van der Waals surface area contributed by atoms with Gasteiger partial charge in [0.05, 0.1) is 17.8 Å². The number of rotatable bonds is 1. The third-order valence-electron chi connectivity index (χ3n) is 3.91. The van der Waals surface area contributed by atoms with Crippen LogP contribution in [0.5, 0.6) is 0 Å². The summed E-state index contributed by atoms with van der Waals surface area (Å²) in [5.74, 6) is 0. The molecular formula is C12H21N5. The van der Waals surface area contributed by atoms with Crippen molar-refractivity contribution in [1.82, 2.24) is 25.3 Å². The monoisotopic (exact) mass is 235 g/mol. The highest BCUT2D eigenvalue weighted by Crippen LogP contribution is 2.22. The van der Waals surface area contributed by atoms with Gasteiger partial charge in [-0.15, -0.1) is 0 Å². The van der Waals surface area contributed by atoms with Crippen LogP contribution in [0.3, 0.4) is 0 Å². The minimum atomic E-state index is 0.140. The van der Waals surface area contributed by atoms with Crippen molar-refractivity contribution in [3.8, 4) is 0 Å². The van der Waals surface area contributed by atoms with Crippen molar-refractivity contribution in [3.05, 3.63) is 18.0 Å². The first kappa shape index (κ1) is 11.2. The summed E-state index contributed by atoms with van der Waals surface area (Å²) in [6, 6.07) is 2.70. The molecule has 1 fully saturated rings. The number of aromatic nitrogens is 2. The summed E-state index contributed by atoms with van der Waals surface area (Å²) in [4.78, 5) is 2.53. The van der Waals surface area contributed by atoms with Crippen molar-refractivity contribution in [2.45, 2.75) is 38.5 Å². The molecule has 94 valence electrons. The molecule has 2 aliphatic rings. The fourth-order valence-corrected chi connectivity index (χ4v) is 2.83. The van der Waals surface area contributed by atoms with E-state index in [4.69, 9.17) is 0 Å². The van der Waals surface area contributed by atoms with Gasteiger partial charge in [0.1, 0.15) is 0 Å². The Morgan fingerprint density at radius 1 is 1.41 bits per heavy atom. The van der Waals surface area contributed by atoms with Crippen molar-refractivity contribution in [3.63, 3.8) is 0 Å². The van der Waals surface area contributed by atoms with E-state index >= 15 is 0 Å². The van der Waals surface area contributed by atoms with Crippen molar-refractivity contribution in [2.75, 3.05) is 19.8 Å². The predicted octanol–water partition coefficient (Wildman–Crippen LogP) is -0.00380. The molecule has 0 aromatic carbocycles. The van der Waals surface area contributed by atoms with E-state index in [-0.39, 0.29) is 5.54 Å². The summed E-state index contributed by atoms with van der Waals surface area (Å²) in [6.07, 6.45) is 1.91. The minimum Gasteiger partial charge on any atom is -0.303 e. The molecule has 1 aromatic heterocycles. The molecule has 3 rings (SSSR count). The molecule has 0 aliphatic carbocycles. The Balaban J connectivity index is 1.93. The highest BCUT2D eigenvalue weighted by atomic mass is 15.4. The molecule has 0 bridgehead atoms. The third-order valence-corrected chi connectivity index (χ3v) is 3.91. The van der Waals surface area contributed by atoms with Gasteiger partial charge in [-0.05, 0) is 19.9 Å². The summed E-state index contributed by atoms with van der Waals surface area (Å²) in [5, 5.41) is 11.5. The molecule has 3 heterocycles. The molecule has 1 aromatic rings. The van der Waals surface area contributed by atoms with Crippen LogP contribution >= 0.6 is 0 Å². The quantitative estimate of drug-likeness (QED) is 0.719. The lowest BCUT2D eigenvalue weighted by Crippen LogP contribution is -2.54. The normalized spacial score (nSPS) is 29.8. The SMILES string of the molecule is CC(C)N1Cc2ccnn2CC2(CNCN2)C1. The molecular weight excluding hydrogens is 214 g/mol. The summed E-state index contributed by atoms with van der Waals surface area (Å²) in [6.45, 7) is 9.51. The lowest BCUT2D eigenvalue weighted by molar-refractivity contribution is 0.161. The average Bonchev–Trinajstić information content (AvgIpc) is 2.86. The van der Waals surface area contributed by atoms with E-state index in [1.165, 1.54) is 5.69 Å². The van der Waals surface area contributed by atoms with Gasteiger partial charge in [0, 0.05) is 38.5 Å². The predicted molar refractivity (Wildman–Crippen MR) is 66.5 cm³/mol. The van der Waals surface area contributed by atoms with Gasteiger partial charge in [-0.1, -0.05) is 0 Å². The van der Waals surface area contributed by atoms with E-state index in [1.54, 1.807) is 0 Å². The zero-order chi connectivity index (χ0) is 11.9. The zero-order valence-corrected chi connectivity index (χ0v) is 10.6. The number of nitrogens with zero attached hydrogens (tertiary/aromatic N) is 3. The Hall–Kier alpha value is -0.910. The van der Waals surface area contributed by atoms with Crippen LogP contribution in [0, 0.1) is 0 Å². The fourth-order valence-electron chi connectivity index (χ4n) is 2.83.